The first-order chi connectivity index (χ1) is 29.2. The van der Waals surface area contributed by atoms with E-state index in [0.717, 1.165) is 64.2 Å². The number of esters is 2. The molecule has 0 heterocycles. The van der Waals surface area contributed by atoms with Crippen LogP contribution < -0.4 is 0 Å². The van der Waals surface area contributed by atoms with Gasteiger partial charge in [0.25, 0.3) is 0 Å². The van der Waals surface area contributed by atoms with Crippen LogP contribution in [-0.2, 0) is 37.5 Å². The molecule has 1 rings (SSSR count). The van der Waals surface area contributed by atoms with Gasteiger partial charge < -0.3 is 29.1 Å². The number of ether oxygens (including phenoxy) is 2. The molecule has 0 aliphatic heterocycles. The van der Waals surface area contributed by atoms with Crippen molar-refractivity contribution in [1.29, 1.82) is 0 Å². The van der Waals surface area contributed by atoms with Gasteiger partial charge in [-0.2, -0.15) is 0 Å². The molecule has 1 aliphatic carbocycles. The monoisotopic (exact) mass is 885 g/mol. The molecule has 13 heteroatoms. The number of carbonyl (C=O) groups is 3. The van der Waals surface area contributed by atoms with E-state index < -0.39 is 44.7 Å². The normalized spacial score (nSPS) is 19.3. The molecular weight excluding hydrogens is 797 g/mol. The Balaban J connectivity index is 2.45. The van der Waals surface area contributed by atoms with Crippen LogP contribution in [0.1, 0.15) is 174 Å². The molecule has 0 radical (unpaired) electrons. The maximum atomic E-state index is 12.8. The third-order valence-electron chi connectivity index (χ3n) is 11.0. The fraction of sp³-hybridized carbons (Fsp3) is 0.812. The van der Waals surface area contributed by atoms with Crippen LogP contribution in [0.2, 0.25) is 0 Å². The van der Waals surface area contributed by atoms with Gasteiger partial charge in [0.15, 0.2) is 6.10 Å². The molecule has 0 bridgehead atoms. The largest absolute Gasteiger partial charge is 0.472 e. The number of phosphoric ester groups is 1. The number of aliphatic hydroxyl groups is 2. The van der Waals surface area contributed by atoms with Gasteiger partial charge in [-0.25, -0.2) is 4.57 Å². The van der Waals surface area contributed by atoms with Crippen molar-refractivity contribution in [2.75, 3.05) is 47.5 Å². The Hall–Kier alpha value is -2.18. The van der Waals surface area contributed by atoms with Gasteiger partial charge in [-0.15, -0.1) is 0 Å². The van der Waals surface area contributed by atoms with Gasteiger partial charge in [0.2, 0.25) is 0 Å². The highest BCUT2D eigenvalue weighted by molar-refractivity contribution is 7.47. The highest BCUT2D eigenvalue weighted by Crippen LogP contribution is 2.43. The summed E-state index contributed by atoms with van der Waals surface area (Å²) < 4.78 is 34.3. The van der Waals surface area contributed by atoms with Gasteiger partial charge in [-0.05, 0) is 57.8 Å². The number of carbonyl (C=O) groups excluding carboxylic acids is 3. The first-order valence-electron chi connectivity index (χ1n) is 23.8. The van der Waals surface area contributed by atoms with E-state index in [2.05, 4.69) is 38.2 Å². The highest BCUT2D eigenvalue weighted by Gasteiger charge is 2.39. The number of phosphoric acid groups is 1. The van der Waals surface area contributed by atoms with Gasteiger partial charge in [-0.1, -0.05) is 134 Å². The third-order valence-corrected chi connectivity index (χ3v) is 12.0. The lowest BCUT2D eigenvalue weighted by atomic mass is 9.88. The molecule has 1 saturated carbocycles. The average Bonchev–Trinajstić information content (AvgIpc) is 3.47. The van der Waals surface area contributed by atoms with Crippen LogP contribution in [-0.4, -0.2) is 103 Å². The second kappa shape index (κ2) is 35.2. The number of hydrogen-bond acceptors (Lipinski definition) is 10. The zero-order chi connectivity index (χ0) is 45.2. The van der Waals surface area contributed by atoms with Gasteiger partial charge in [0.1, 0.15) is 25.5 Å². The van der Waals surface area contributed by atoms with Gasteiger partial charge in [0.05, 0.1) is 40.0 Å². The van der Waals surface area contributed by atoms with Crippen molar-refractivity contribution < 1.29 is 57.1 Å². The van der Waals surface area contributed by atoms with Crippen LogP contribution in [0.3, 0.4) is 0 Å². The van der Waals surface area contributed by atoms with Crippen LogP contribution in [0.4, 0.5) is 0 Å². The molecule has 0 saturated heterocycles. The van der Waals surface area contributed by atoms with E-state index in [9.17, 15) is 34.1 Å². The Morgan fingerprint density at radius 2 is 1.34 bits per heavy atom. The van der Waals surface area contributed by atoms with Crippen molar-refractivity contribution in [2.24, 2.45) is 11.8 Å². The predicted molar refractivity (Wildman–Crippen MR) is 244 cm³/mol. The molecule has 3 N–H and O–H groups in total. The van der Waals surface area contributed by atoms with Crippen molar-refractivity contribution in [3.63, 3.8) is 0 Å². The number of aliphatic hydroxyl groups excluding tert-OH is 2. The number of allylic oxidation sites excluding steroid dienone is 4. The van der Waals surface area contributed by atoms with Crippen LogP contribution in [0, 0.1) is 11.8 Å². The van der Waals surface area contributed by atoms with E-state index in [1.54, 1.807) is 6.08 Å². The molecule has 0 aromatic carbocycles. The Kier molecular flexibility index (Phi) is 32.8. The number of nitrogens with zero attached hydrogens (tertiary/aromatic N) is 1. The molecule has 0 amide bonds. The lowest BCUT2D eigenvalue weighted by Gasteiger charge is -2.24. The van der Waals surface area contributed by atoms with E-state index in [0.29, 0.717) is 43.1 Å². The molecule has 61 heavy (non-hydrogen) atoms. The molecular formula is C48H87NO11P+. The molecule has 0 spiro atoms. The minimum Gasteiger partial charge on any atom is -0.462 e. The fourth-order valence-corrected chi connectivity index (χ4v) is 7.98. The third kappa shape index (κ3) is 32.2. The van der Waals surface area contributed by atoms with E-state index in [1.807, 2.05) is 27.2 Å². The summed E-state index contributed by atoms with van der Waals surface area (Å²) in [7, 11) is 1.32. The van der Waals surface area contributed by atoms with E-state index in [4.69, 9.17) is 18.5 Å². The van der Waals surface area contributed by atoms with Crippen LogP contribution in [0.15, 0.2) is 36.5 Å². The number of rotatable bonds is 39. The summed E-state index contributed by atoms with van der Waals surface area (Å²) in [6.07, 6.45) is 32.3. The maximum Gasteiger partial charge on any atom is 0.472 e. The SMILES string of the molecule is CCCCC/C=C\C/C=C\CCCCCCCCCC(=O)OC[C@H](COP(=O)(O)OCC[N+](C)(C)C)OC(=O)CCCCCC[C@H]1C(=O)C[C@@H](O)[C@@H]1/C=C/[C@@H](O)CCCCC. The Bertz CT molecular complexity index is 1300. The van der Waals surface area contributed by atoms with E-state index >= 15 is 0 Å². The summed E-state index contributed by atoms with van der Waals surface area (Å²) in [5, 5.41) is 20.8. The number of Topliss-reactive ketones (excluding diaryl/α,β-unsaturated/α-hetero) is 1. The summed E-state index contributed by atoms with van der Waals surface area (Å²) >= 11 is 0. The molecule has 1 fully saturated rings. The topological polar surface area (TPSA) is 166 Å². The van der Waals surface area contributed by atoms with Gasteiger partial charge in [0, 0.05) is 31.1 Å². The summed E-state index contributed by atoms with van der Waals surface area (Å²) in [5.41, 5.74) is 0. The molecule has 354 valence electrons. The summed E-state index contributed by atoms with van der Waals surface area (Å²) in [6.45, 7) is 4.01. The minimum absolute atomic E-state index is 0.0134. The quantitative estimate of drug-likeness (QED) is 0.0177. The van der Waals surface area contributed by atoms with Crippen molar-refractivity contribution in [1.82, 2.24) is 0 Å². The molecule has 0 aromatic heterocycles. The van der Waals surface area contributed by atoms with Crippen molar-refractivity contribution in [2.45, 2.75) is 193 Å². The number of unbranched alkanes of at least 4 members (excludes halogenated alkanes) is 15. The summed E-state index contributed by atoms with van der Waals surface area (Å²) in [6, 6.07) is 0. The van der Waals surface area contributed by atoms with Crippen molar-refractivity contribution >= 4 is 25.5 Å². The van der Waals surface area contributed by atoms with Crippen molar-refractivity contribution in [3.05, 3.63) is 36.5 Å². The second-order valence-electron chi connectivity index (χ2n) is 17.9. The van der Waals surface area contributed by atoms with Crippen LogP contribution >= 0.6 is 7.82 Å². The lowest BCUT2D eigenvalue weighted by Crippen LogP contribution is -2.37. The highest BCUT2D eigenvalue weighted by atomic mass is 31.2. The molecule has 0 aromatic rings. The first kappa shape index (κ1) is 56.8. The summed E-state index contributed by atoms with van der Waals surface area (Å²) in [5.74, 6) is -1.51. The predicted octanol–water partition coefficient (Wildman–Crippen LogP) is 10.3. The van der Waals surface area contributed by atoms with Gasteiger partial charge >= 0.3 is 19.8 Å². The smallest absolute Gasteiger partial charge is 0.462 e. The number of quaternary nitrogens is 1. The zero-order valence-electron chi connectivity index (χ0n) is 38.9. The number of ketones is 1. The maximum absolute atomic E-state index is 12.8. The average molecular weight is 885 g/mol. The minimum atomic E-state index is -4.45. The van der Waals surface area contributed by atoms with E-state index in [-0.39, 0.29) is 50.1 Å². The molecule has 6 atom stereocenters. The Morgan fingerprint density at radius 1 is 0.770 bits per heavy atom. The second-order valence-corrected chi connectivity index (χ2v) is 19.4. The van der Waals surface area contributed by atoms with Gasteiger partial charge in [-0.3, -0.25) is 23.4 Å². The Morgan fingerprint density at radius 3 is 1.98 bits per heavy atom. The molecule has 1 aliphatic rings. The lowest BCUT2D eigenvalue weighted by molar-refractivity contribution is -0.870. The standard InChI is InChI=1S/C48H86NO11P/c1-6-8-10-11-12-13-14-15-16-17-18-19-20-21-22-23-28-32-47(53)57-39-42(40-59-61(55,56)58-37-36-49(3,4)5)60-48(54)33-29-25-24-27-31-43-44(46(52)38-45(43)51)35-34-41(50)30-26-9-7-2/h12-13,15-16,34-35,41-44,46,50,52H,6-11,14,17-33,36-40H2,1-5H3/p+1/b13-12-,16-15-,35-34+/t41-,42+,43+,44+,46+/m0/s1. The molecule has 12 nitrogen and oxygen atoms in total. The Labute approximate surface area is 370 Å². The van der Waals surface area contributed by atoms with Crippen molar-refractivity contribution in [3.8, 4) is 0 Å². The first-order valence-corrected chi connectivity index (χ1v) is 25.3. The fourth-order valence-electron chi connectivity index (χ4n) is 7.23. The number of likely N-dealkylation sites (N-methyl/N-ethyl adjacent to an activating group) is 1. The van der Waals surface area contributed by atoms with Crippen LogP contribution in [0.5, 0.6) is 0 Å². The number of hydrogen-bond donors (Lipinski definition) is 3. The van der Waals surface area contributed by atoms with Crippen LogP contribution in [0.25, 0.3) is 0 Å². The van der Waals surface area contributed by atoms with E-state index in [1.165, 1.54) is 44.9 Å². The zero-order valence-corrected chi connectivity index (χ0v) is 39.8. The molecule has 1 unspecified atom stereocenters. The summed E-state index contributed by atoms with van der Waals surface area (Å²) in [4.78, 5) is 48.3.